The predicted octanol–water partition coefficient (Wildman–Crippen LogP) is 4.42. The zero-order chi connectivity index (χ0) is 25.3. The van der Waals surface area contributed by atoms with Gasteiger partial charge in [0.25, 0.3) is 5.91 Å². The molecule has 0 aliphatic carbocycles. The van der Waals surface area contributed by atoms with Gasteiger partial charge >= 0.3 is 0 Å². The standard InChI is InChI=1S/C28H31ClN4O3/c1-32-17-19-33(20-18-32)28(35)25(11-5-9-21-7-3-2-4-8-21)31-26(34)24-10-6-16-30-27(24)36-23-14-12-22(29)13-15-23/h2-4,6-8,10,12-16,25H,5,9,11,17-20H2,1H3,(H,31,34)/t25-/m1/s1. The van der Waals surface area contributed by atoms with Gasteiger partial charge in [0.15, 0.2) is 0 Å². The summed E-state index contributed by atoms with van der Waals surface area (Å²) < 4.78 is 5.86. The molecule has 2 amide bonds. The second kappa shape index (κ2) is 12.5. The second-order valence-corrected chi connectivity index (χ2v) is 9.38. The summed E-state index contributed by atoms with van der Waals surface area (Å²) in [5.74, 6) is 0.250. The highest BCUT2D eigenvalue weighted by atomic mass is 35.5. The molecule has 1 aliphatic rings. The number of halogens is 1. The molecular formula is C28H31ClN4O3. The van der Waals surface area contributed by atoms with E-state index in [1.165, 1.54) is 5.56 Å². The first kappa shape index (κ1) is 25.7. The van der Waals surface area contributed by atoms with E-state index in [9.17, 15) is 9.59 Å². The van der Waals surface area contributed by atoms with Crippen LogP contribution in [-0.4, -0.2) is 65.9 Å². The van der Waals surface area contributed by atoms with Crippen molar-refractivity contribution in [2.45, 2.75) is 25.3 Å². The third kappa shape index (κ3) is 7.06. The minimum absolute atomic E-state index is 0.0476. The molecule has 1 atom stereocenters. The number of likely N-dealkylation sites (N-methyl/N-ethyl adjacent to an activating group) is 1. The highest BCUT2D eigenvalue weighted by Gasteiger charge is 2.29. The molecule has 1 fully saturated rings. The summed E-state index contributed by atoms with van der Waals surface area (Å²) in [5.41, 5.74) is 1.48. The van der Waals surface area contributed by atoms with Gasteiger partial charge in [-0.05, 0) is 68.3 Å². The summed E-state index contributed by atoms with van der Waals surface area (Å²) in [4.78, 5) is 35.1. The van der Waals surface area contributed by atoms with Crippen LogP contribution < -0.4 is 10.1 Å². The maximum absolute atomic E-state index is 13.5. The minimum atomic E-state index is -0.631. The van der Waals surface area contributed by atoms with Crippen LogP contribution in [0.4, 0.5) is 0 Å². The highest BCUT2D eigenvalue weighted by Crippen LogP contribution is 2.24. The molecule has 1 N–H and O–H groups in total. The van der Waals surface area contributed by atoms with Gasteiger partial charge in [-0.25, -0.2) is 4.98 Å². The molecule has 1 saturated heterocycles. The van der Waals surface area contributed by atoms with Gasteiger partial charge in [-0.3, -0.25) is 9.59 Å². The van der Waals surface area contributed by atoms with Gasteiger partial charge < -0.3 is 19.9 Å². The zero-order valence-electron chi connectivity index (χ0n) is 20.4. The monoisotopic (exact) mass is 506 g/mol. The van der Waals surface area contributed by atoms with E-state index in [2.05, 4.69) is 27.3 Å². The lowest BCUT2D eigenvalue weighted by Gasteiger charge is -2.34. The molecule has 0 saturated carbocycles. The average Bonchev–Trinajstić information content (AvgIpc) is 2.90. The number of carbonyl (C=O) groups excluding carboxylic acids is 2. The van der Waals surface area contributed by atoms with Crippen molar-refractivity contribution in [3.05, 3.63) is 89.1 Å². The molecule has 2 aromatic carbocycles. The van der Waals surface area contributed by atoms with Crippen molar-refractivity contribution in [2.24, 2.45) is 0 Å². The number of benzene rings is 2. The van der Waals surface area contributed by atoms with E-state index < -0.39 is 6.04 Å². The summed E-state index contributed by atoms with van der Waals surface area (Å²) >= 11 is 5.96. The molecule has 3 aromatic rings. The van der Waals surface area contributed by atoms with E-state index in [1.807, 2.05) is 30.1 Å². The summed E-state index contributed by atoms with van der Waals surface area (Å²) in [6, 6.07) is 19.7. The Balaban J connectivity index is 1.48. The number of nitrogens with one attached hydrogen (secondary N) is 1. The predicted molar refractivity (Wildman–Crippen MR) is 140 cm³/mol. The molecule has 36 heavy (non-hydrogen) atoms. The molecule has 2 heterocycles. The lowest BCUT2D eigenvalue weighted by Crippen LogP contribution is -2.54. The van der Waals surface area contributed by atoms with Crippen molar-refractivity contribution in [2.75, 3.05) is 33.2 Å². The molecule has 188 valence electrons. The largest absolute Gasteiger partial charge is 0.438 e. The third-order valence-corrected chi connectivity index (χ3v) is 6.52. The molecule has 0 bridgehead atoms. The van der Waals surface area contributed by atoms with Gasteiger partial charge in [0.2, 0.25) is 11.8 Å². The fraction of sp³-hybridized carbons (Fsp3) is 0.321. The number of aromatic nitrogens is 1. The van der Waals surface area contributed by atoms with Gasteiger partial charge in [0, 0.05) is 37.4 Å². The lowest BCUT2D eigenvalue weighted by atomic mass is 10.0. The second-order valence-electron chi connectivity index (χ2n) is 8.94. The van der Waals surface area contributed by atoms with Crippen molar-refractivity contribution in [1.82, 2.24) is 20.1 Å². The molecule has 4 rings (SSSR count). The normalized spacial score (nSPS) is 14.8. The van der Waals surface area contributed by atoms with E-state index in [-0.39, 0.29) is 23.3 Å². The van der Waals surface area contributed by atoms with Crippen molar-refractivity contribution in [1.29, 1.82) is 0 Å². The van der Waals surface area contributed by atoms with Crippen LogP contribution in [0.25, 0.3) is 0 Å². The summed E-state index contributed by atoms with van der Waals surface area (Å²) in [5, 5.41) is 3.56. The highest BCUT2D eigenvalue weighted by molar-refractivity contribution is 6.30. The van der Waals surface area contributed by atoms with Crippen molar-refractivity contribution in [3.8, 4) is 11.6 Å². The Bertz CT molecular complexity index is 1150. The molecule has 0 unspecified atom stereocenters. The number of ether oxygens (including phenoxy) is 1. The smallest absolute Gasteiger partial charge is 0.257 e. The fourth-order valence-electron chi connectivity index (χ4n) is 4.15. The van der Waals surface area contributed by atoms with Gasteiger partial charge in [0.05, 0.1) is 0 Å². The van der Waals surface area contributed by atoms with Gasteiger partial charge in [-0.1, -0.05) is 41.9 Å². The van der Waals surface area contributed by atoms with E-state index in [1.54, 1.807) is 42.6 Å². The Kier molecular flexibility index (Phi) is 8.92. The molecule has 0 radical (unpaired) electrons. The Morgan fingerprint density at radius 3 is 2.44 bits per heavy atom. The number of hydrogen-bond donors (Lipinski definition) is 1. The topological polar surface area (TPSA) is 74.8 Å². The summed E-state index contributed by atoms with van der Waals surface area (Å²) in [6.45, 7) is 2.94. The van der Waals surface area contributed by atoms with Crippen molar-refractivity contribution >= 4 is 23.4 Å². The van der Waals surface area contributed by atoms with Crippen LogP contribution in [0.3, 0.4) is 0 Å². The number of nitrogens with zero attached hydrogens (tertiary/aromatic N) is 3. The molecule has 8 heteroatoms. The van der Waals surface area contributed by atoms with E-state index in [4.69, 9.17) is 16.3 Å². The number of amides is 2. The van der Waals surface area contributed by atoms with Crippen LogP contribution in [0.2, 0.25) is 5.02 Å². The maximum Gasteiger partial charge on any atom is 0.257 e. The summed E-state index contributed by atoms with van der Waals surface area (Å²) in [6.07, 6.45) is 3.71. The first-order valence-electron chi connectivity index (χ1n) is 12.2. The molecule has 1 aromatic heterocycles. The first-order chi connectivity index (χ1) is 17.5. The van der Waals surface area contributed by atoms with Crippen LogP contribution in [-0.2, 0) is 11.2 Å². The molecule has 7 nitrogen and oxygen atoms in total. The first-order valence-corrected chi connectivity index (χ1v) is 12.6. The van der Waals surface area contributed by atoms with Gasteiger partial charge in [-0.15, -0.1) is 0 Å². The number of aryl methyl sites for hydroxylation is 1. The van der Waals surface area contributed by atoms with Gasteiger partial charge in [0.1, 0.15) is 17.4 Å². The number of hydrogen-bond acceptors (Lipinski definition) is 5. The number of rotatable bonds is 9. The van der Waals surface area contributed by atoms with Crippen molar-refractivity contribution in [3.63, 3.8) is 0 Å². The fourth-order valence-corrected chi connectivity index (χ4v) is 4.28. The van der Waals surface area contributed by atoms with Crippen LogP contribution in [0.5, 0.6) is 11.6 Å². The van der Waals surface area contributed by atoms with E-state index in [0.29, 0.717) is 30.3 Å². The van der Waals surface area contributed by atoms with E-state index in [0.717, 1.165) is 25.9 Å². The number of carbonyl (C=O) groups is 2. The Hall–Kier alpha value is -3.42. The zero-order valence-corrected chi connectivity index (χ0v) is 21.2. The van der Waals surface area contributed by atoms with E-state index >= 15 is 0 Å². The quantitative estimate of drug-likeness (QED) is 0.465. The molecule has 1 aliphatic heterocycles. The minimum Gasteiger partial charge on any atom is -0.438 e. The third-order valence-electron chi connectivity index (χ3n) is 6.26. The molecular weight excluding hydrogens is 476 g/mol. The van der Waals surface area contributed by atoms with Crippen LogP contribution in [0.15, 0.2) is 72.9 Å². The number of pyridine rings is 1. The summed E-state index contributed by atoms with van der Waals surface area (Å²) in [7, 11) is 2.05. The Labute approximate surface area is 217 Å². The van der Waals surface area contributed by atoms with Crippen LogP contribution in [0.1, 0.15) is 28.8 Å². The van der Waals surface area contributed by atoms with Crippen LogP contribution in [0, 0.1) is 0 Å². The number of piperazine rings is 1. The van der Waals surface area contributed by atoms with Crippen LogP contribution >= 0.6 is 11.6 Å². The lowest BCUT2D eigenvalue weighted by molar-refractivity contribution is -0.135. The Morgan fingerprint density at radius 1 is 1.00 bits per heavy atom. The Morgan fingerprint density at radius 2 is 1.72 bits per heavy atom. The van der Waals surface area contributed by atoms with Crippen molar-refractivity contribution < 1.29 is 14.3 Å². The SMILES string of the molecule is CN1CCN(C(=O)[C@@H](CCCc2ccccc2)NC(=O)c2cccnc2Oc2ccc(Cl)cc2)CC1. The molecule has 0 spiro atoms. The average molecular weight is 507 g/mol. The van der Waals surface area contributed by atoms with Gasteiger partial charge in [-0.2, -0.15) is 0 Å². The maximum atomic E-state index is 13.5.